The molecular weight excluding hydrogens is 101 g/mol. The quantitative estimate of drug-likeness (QED) is 0.482. The lowest BCUT2D eigenvalue weighted by Crippen LogP contribution is -2.12. The Bertz CT molecular complexity index is 37.1. The van der Waals surface area contributed by atoms with Gasteiger partial charge in [0.2, 0.25) is 0 Å². The summed E-state index contributed by atoms with van der Waals surface area (Å²) in [6, 6.07) is 0. The molecule has 0 fully saturated rings. The molecule has 0 bridgehead atoms. The van der Waals surface area contributed by atoms with Crippen LogP contribution in [-0.2, 0) is 0 Å². The van der Waals surface area contributed by atoms with Gasteiger partial charge >= 0.3 is 0 Å². The highest BCUT2D eigenvalue weighted by Crippen LogP contribution is 1.84. The fourth-order valence-corrected chi connectivity index (χ4v) is 0.590. The van der Waals surface area contributed by atoms with Crippen LogP contribution >= 0.6 is 0 Å². The second-order valence-corrected chi connectivity index (χ2v) is 2.52. The average Bonchev–Trinajstić information content (AvgIpc) is 1.61. The molecule has 2 heteroatoms. The Balaban J connectivity index is 2.68. The van der Waals surface area contributed by atoms with Crippen molar-refractivity contribution in [2.75, 3.05) is 20.6 Å². The highest BCUT2D eigenvalue weighted by Gasteiger charge is 1.83. The Morgan fingerprint density at radius 3 is 2.14 bits per heavy atom. The third-order valence-electron chi connectivity index (χ3n) is 0.809. The van der Waals surface area contributed by atoms with Crippen LogP contribution in [0.4, 0.5) is 0 Å². The van der Waals surface area contributed by atoms with E-state index in [0.29, 0.717) is 0 Å². The zero-order chi connectivity index (χ0) is 5.70. The van der Waals surface area contributed by atoms with E-state index in [-0.39, 0.29) is 0 Å². The second kappa shape index (κ2) is 4.65. The molecule has 0 aromatic rings. The Morgan fingerprint density at radius 1 is 1.43 bits per heavy atom. The van der Waals surface area contributed by atoms with Gasteiger partial charge in [-0.05, 0) is 20.6 Å². The molecule has 0 aliphatic carbocycles. The van der Waals surface area contributed by atoms with Crippen molar-refractivity contribution in [1.82, 2.24) is 4.90 Å². The lowest BCUT2D eigenvalue weighted by Gasteiger charge is -2.06. The third-order valence-corrected chi connectivity index (χ3v) is 1.22. The van der Waals surface area contributed by atoms with Gasteiger partial charge in [0.15, 0.2) is 0 Å². The second-order valence-electron chi connectivity index (χ2n) is 1.95. The predicted octanol–water partition coefficient (Wildman–Crippen LogP) is 0.525. The molecule has 0 amide bonds. The number of rotatable bonds is 3. The molecule has 0 aromatic heterocycles. The first-order chi connectivity index (χ1) is 3.27. The summed E-state index contributed by atoms with van der Waals surface area (Å²) in [5.74, 6) is 0. The van der Waals surface area contributed by atoms with E-state index >= 15 is 0 Å². The van der Waals surface area contributed by atoms with E-state index in [1.54, 1.807) is 0 Å². The highest BCUT2D eigenvalue weighted by atomic mass is 27.0. The normalized spacial score (nSPS) is 10.1. The van der Waals surface area contributed by atoms with E-state index in [4.69, 9.17) is 0 Å². The topological polar surface area (TPSA) is 3.24 Å². The van der Waals surface area contributed by atoms with Crippen molar-refractivity contribution in [1.29, 1.82) is 0 Å². The standard InChI is InChI=1S/C5H12N.Al/c1-4-5-6(2)3;/h1,4-5H2,2-3H3;. The van der Waals surface area contributed by atoms with Crippen LogP contribution in [0.15, 0.2) is 0 Å². The minimum atomic E-state index is 1.21. The van der Waals surface area contributed by atoms with Gasteiger partial charge in [0, 0.05) is 0 Å². The number of hydrogen-bond acceptors (Lipinski definition) is 1. The van der Waals surface area contributed by atoms with Gasteiger partial charge in [0.25, 0.3) is 0 Å². The van der Waals surface area contributed by atoms with E-state index in [0.717, 1.165) is 0 Å². The molecule has 0 rings (SSSR count). The number of hydrogen-bond donors (Lipinski definition) is 0. The van der Waals surface area contributed by atoms with E-state index in [1.807, 2.05) is 0 Å². The van der Waals surface area contributed by atoms with Gasteiger partial charge in [-0.3, -0.25) is 0 Å². The Labute approximate surface area is 54.1 Å². The van der Waals surface area contributed by atoms with Crippen molar-refractivity contribution in [3.63, 3.8) is 0 Å². The molecule has 0 unspecified atom stereocenters. The first kappa shape index (κ1) is 7.49. The van der Waals surface area contributed by atoms with Crippen molar-refractivity contribution in [3.05, 3.63) is 0 Å². The molecule has 2 radical (unpaired) electrons. The maximum absolute atomic E-state index is 2.72. The summed E-state index contributed by atoms with van der Waals surface area (Å²) in [5, 5.41) is 1.22. The van der Waals surface area contributed by atoms with Gasteiger partial charge in [-0.2, -0.15) is 0 Å². The molecule has 7 heavy (non-hydrogen) atoms. The monoisotopic (exact) mass is 113 g/mol. The maximum Gasteiger partial charge on any atom is 0.118 e. The van der Waals surface area contributed by atoms with Crippen LogP contribution < -0.4 is 0 Å². The molecule has 0 aromatic carbocycles. The minimum Gasteiger partial charge on any atom is -0.309 e. The summed E-state index contributed by atoms with van der Waals surface area (Å²) >= 11 is 2.72. The largest absolute Gasteiger partial charge is 0.309 e. The average molecular weight is 113 g/mol. The van der Waals surface area contributed by atoms with Crippen LogP contribution in [0, 0.1) is 0 Å². The Hall–Kier alpha value is 0.492. The number of nitrogens with zero attached hydrogens (tertiary/aromatic N) is 1. The molecule has 0 aliphatic rings. The van der Waals surface area contributed by atoms with Crippen molar-refractivity contribution >= 4 is 16.3 Å². The SMILES string of the molecule is CN(C)CC[CH2][Al]. The molecule has 0 saturated heterocycles. The first-order valence-corrected chi connectivity index (χ1v) is 3.44. The summed E-state index contributed by atoms with van der Waals surface area (Å²) < 4.78 is 0. The van der Waals surface area contributed by atoms with E-state index < -0.39 is 0 Å². The molecule has 0 atom stereocenters. The molecule has 0 heterocycles. The van der Waals surface area contributed by atoms with Crippen LogP contribution in [-0.4, -0.2) is 41.8 Å². The Morgan fingerprint density at radius 2 is 2.00 bits per heavy atom. The van der Waals surface area contributed by atoms with E-state index in [1.165, 1.54) is 18.2 Å². The van der Waals surface area contributed by atoms with Crippen LogP contribution in [0.25, 0.3) is 0 Å². The summed E-state index contributed by atoms with van der Waals surface area (Å²) in [7, 11) is 4.20. The van der Waals surface area contributed by atoms with Crippen molar-refractivity contribution in [2.45, 2.75) is 11.7 Å². The lowest BCUT2D eigenvalue weighted by molar-refractivity contribution is 0.408. The van der Waals surface area contributed by atoms with E-state index in [2.05, 4.69) is 35.3 Å². The van der Waals surface area contributed by atoms with Crippen molar-refractivity contribution < 1.29 is 0 Å². The third kappa shape index (κ3) is 6.49. The maximum atomic E-state index is 2.72. The van der Waals surface area contributed by atoms with Gasteiger partial charge in [0.1, 0.15) is 16.3 Å². The molecule has 0 aliphatic heterocycles. The molecule has 0 spiro atoms. The zero-order valence-corrected chi connectivity index (χ0v) is 6.30. The fourth-order valence-electron chi connectivity index (χ4n) is 0.408. The molecular formula is C5H12AlN. The molecule has 40 valence electrons. The highest BCUT2D eigenvalue weighted by molar-refractivity contribution is 6.08. The van der Waals surface area contributed by atoms with E-state index in [9.17, 15) is 0 Å². The summed E-state index contributed by atoms with van der Waals surface area (Å²) in [4.78, 5) is 2.20. The van der Waals surface area contributed by atoms with Gasteiger partial charge in [-0.15, -0.1) is 5.28 Å². The molecule has 0 saturated carbocycles. The van der Waals surface area contributed by atoms with Gasteiger partial charge in [0.05, 0.1) is 0 Å². The lowest BCUT2D eigenvalue weighted by atomic mass is 10.5. The van der Waals surface area contributed by atoms with Crippen LogP contribution in [0.2, 0.25) is 5.28 Å². The van der Waals surface area contributed by atoms with Gasteiger partial charge < -0.3 is 4.90 Å². The van der Waals surface area contributed by atoms with Crippen LogP contribution in [0.3, 0.4) is 0 Å². The van der Waals surface area contributed by atoms with Crippen LogP contribution in [0.5, 0.6) is 0 Å². The minimum absolute atomic E-state index is 1.21. The fraction of sp³-hybridized carbons (Fsp3) is 1.00. The summed E-state index contributed by atoms with van der Waals surface area (Å²) in [5.41, 5.74) is 0. The summed E-state index contributed by atoms with van der Waals surface area (Å²) in [6.07, 6.45) is 1.29. The van der Waals surface area contributed by atoms with Gasteiger partial charge in [-0.1, -0.05) is 6.42 Å². The van der Waals surface area contributed by atoms with Crippen molar-refractivity contribution in [2.24, 2.45) is 0 Å². The molecule has 0 N–H and O–H groups in total. The van der Waals surface area contributed by atoms with Crippen LogP contribution in [0.1, 0.15) is 6.42 Å². The zero-order valence-electron chi connectivity index (χ0n) is 5.15. The predicted molar refractivity (Wildman–Crippen MR) is 33.7 cm³/mol. The first-order valence-electron chi connectivity index (χ1n) is 2.62. The summed E-state index contributed by atoms with van der Waals surface area (Å²) in [6.45, 7) is 1.21. The molecule has 1 nitrogen and oxygen atoms in total. The van der Waals surface area contributed by atoms with Crippen molar-refractivity contribution in [3.8, 4) is 0 Å². The Kier molecular flexibility index (Phi) is 4.97. The van der Waals surface area contributed by atoms with Gasteiger partial charge in [-0.25, -0.2) is 0 Å². The smallest absolute Gasteiger partial charge is 0.118 e.